The van der Waals surface area contributed by atoms with E-state index in [1.807, 2.05) is 56.3 Å². The second-order valence-electron chi connectivity index (χ2n) is 7.46. The molecule has 0 bridgehead atoms. The predicted octanol–water partition coefficient (Wildman–Crippen LogP) is 3.91. The standard InChI is InChI=1S/C24H23N3O2/c1-16-6-5-7-18(12-16)15-26-23(28)21-14-20(10-11-25-21)24(29)27-17(2)13-19-8-3-4-9-22(19)27/h3-12,14,17H,13,15H2,1-2H3,(H,26,28). The van der Waals surface area contributed by atoms with Crippen molar-refractivity contribution in [2.75, 3.05) is 4.90 Å². The first-order chi connectivity index (χ1) is 14.0. The Labute approximate surface area is 170 Å². The van der Waals surface area contributed by atoms with Crippen LogP contribution in [0.1, 0.15) is 44.5 Å². The number of hydrogen-bond donors (Lipinski definition) is 1. The SMILES string of the molecule is Cc1cccc(CNC(=O)c2cc(C(=O)N3c4ccccc4CC3C)ccn2)c1. The maximum Gasteiger partial charge on any atom is 0.270 e. The van der Waals surface area contributed by atoms with Crippen molar-refractivity contribution in [1.29, 1.82) is 0 Å². The molecule has 0 spiro atoms. The van der Waals surface area contributed by atoms with Crippen molar-refractivity contribution >= 4 is 17.5 Å². The molecule has 0 fully saturated rings. The van der Waals surface area contributed by atoms with Crippen molar-refractivity contribution in [2.45, 2.75) is 32.9 Å². The number of nitrogens with one attached hydrogen (secondary N) is 1. The van der Waals surface area contributed by atoms with Gasteiger partial charge >= 0.3 is 0 Å². The number of pyridine rings is 1. The molecule has 2 heterocycles. The highest BCUT2D eigenvalue weighted by Crippen LogP contribution is 2.33. The molecule has 29 heavy (non-hydrogen) atoms. The third kappa shape index (κ3) is 3.90. The summed E-state index contributed by atoms with van der Waals surface area (Å²) in [5.74, 6) is -0.409. The largest absolute Gasteiger partial charge is 0.347 e. The molecule has 5 heteroatoms. The number of rotatable bonds is 4. The lowest BCUT2D eigenvalue weighted by Crippen LogP contribution is -2.36. The van der Waals surface area contributed by atoms with Crippen LogP contribution < -0.4 is 10.2 Å². The number of anilines is 1. The van der Waals surface area contributed by atoms with Gasteiger partial charge in [-0.2, -0.15) is 0 Å². The third-order valence-corrected chi connectivity index (χ3v) is 5.20. The summed E-state index contributed by atoms with van der Waals surface area (Å²) in [4.78, 5) is 31.7. The van der Waals surface area contributed by atoms with Crippen LogP contribution in [0.2, 0.25) is 0 Å². The minimum atomic E-state index is -0.295. The van der Waals surface area contributed by atoms with Crippen molar-refractivity contribution in [3.8, 4) is 0 Å². The van der Waals surface area contributed by atoms with Gasteiger partial charge < -0.3 is 10.2 Å². The average molecular weight is 385 g/mol. The van der Waals surface area contributed by atoms with Crippen molar-refractivity contribution < 1.29 is 9.59 Å². The molecule has 1 aromatic heterocycles. The topological polar surface area (TPSA) is 62.3 Å². The first kappa shape index (κ1) is 18.9. The molecule has 146 valence electrons. The van der Waals surface area contributed by atoms with E-state index >= 15 is 0 Å². The van der Waals surface area contributed by atoms with Crippen LogP contribution in [-0.2, 0) is 13.0 Å². The van der Waals surface area contributed by atoms with Gasteiger partial charge in [-0.05, 0) is 49.6 Å². The molecule has 5 nitrogen and oxygen atoms in total. The Bertz CT molecular complexity index is 1080. The summed E-state index contributed by atoms with van der Waals surface area (Å²) in [7, 11) is 0. The lowest BCUT2D eigenvalue weighted by Gasteiger charge is -2.23. The Morgan fingerprint density at radius 2 is 1.93 bits per heavy atom. The molecule has 3 aromatic rings. The van der Waals surface area contributed by atoms with Gasteiger partial charge in [0.1, 0.15) is 5.69 Å². The Kier molecular flexibility index (Phi) is 5.12. The summed E-state index contributed by atoms with van der Waals surface area (Å²) in [5, 5.41) is 2.88. The number of aromatic nitrogens is 1. The number of benzene rings is 2. The van der Waals surface area contributed by atoms with Crippen molar-refractivity contribution in [3.63, 3.8) is 0 Å². The molecule has 1 aliphatic rings. The van der Waals surface area contributed by atoms with Crippen molar-refractivity contribution in [2.24, 2.45) is 0 Å². The highest BCUT2D eigenvalue weighted by atomic mass is 16.2. The van der Waals surface area contributed by atoms with Gasteiger partial charge in [0.25, 0.3) is 11.8 Å². The molecule has 4 rings (SSSR count). The monoisotopic (exact) mass is 385 g/mol. The van der Waals surface area contributed by atoms with E-state index in [4.69, 9.17) is 0 Å². The average Bonchev–Trinajstić information content (AvgIpc) is 3.07. The van der Waals surface area contributed by atoms with Gasteiger partial charge in [0.15, 0.2) is 0 Å². The van der Waals surface area contributed by atoms with E-state index in [9.17, 15) is 9.59 Å². The fraction of sp³-hybridized carbons (Fsp3) is 0.208. The van der Waals surface area contributed by atoms with E-state index in [0.29, 0.717) is 12.1 Å². The van der Waals surface area contributed by atoms with Crippen LogP contribution in [-0.4, -0.2) is 22.8 Å². The second kappa shape index (κ2) is 7.87. The Morgan fingerprint density at radius 1 is 1.10 bits per heavy atom. The maximum atomic E-state index is 13.2. The molecule has 0 aliphatic carbocycles. The molecule has 0 saturated heterocycles. The van der Waals surface area contributed by atoms with E-state index in [0.717, 1.165) is 23.2 Å². The summed E-state index contributed by atoms with van der Waals surface area (Å²) < 4.78 is 0. The van der Waals surface area contributed by atoms with Crippen LogP contribution >= 0.6 is 0 Å². The zero-order valence-electron chi connectivity index (χ0n) is 16.6. The number of aryl methyl sites for hydroxylation is 1. The smallest absolute Gasteiger partial charge is 0.270 e. The van der Waals surface area contributed by atoms with Gasteiger partial charge in [0, 0.05) is 30.0 Å². The maximum absolute atomic E-state index is 13.2. The van der Waals surface area contributed by atoms with E-state index in [1.54, 1.807) is 17.0 Å². The van der Waals surface area contributed by atoms with Crippen LogP contribution in [0.4, 0.5) is 5.69 Å². The number of carbonyl (C=O) groups is 2. The second-order valence-corrected chi connectivity index (χ2v) is 7.46. The number of nitrogens with zero attached hydrogens (tertiary/aromatic N) is 2. The molecule has 1 aliphatic heterocycles. The summed E-state index contributed by atoms with van der Waals surface area (Å²) in [6.07, 6.45) is 2.35. The highest BCUT2D eigenvalue weighted by Gasteiger charge is 2.31. The van der Waals surface area contributed by atoms with Gasteiger partial charge in [-0.15, -0.1) is 0 Å². The minimum Gasteiger partial charge on any atom is -0.347 e. The quantitative estimate of drug-likeness (QED) is 0.741. The summed E-state index contributed by atoms with van der Waals surface area (Å²) in [6.45, 7) is 4.46. The Hall–Kier alpha value is -3.47. The van der Waals surface area contributed by atoms with E-state index < -0.39 is 0 Å². The molecule has 0 radical (unpaired) electrons. The first-order valence-electron chi connectivity index (χ1n) is 9.74. The zero-order chi connectivity index (χ0) is 20.4. The minimum absolute atomic E-state index is 0.0756. The Morgan fingerprint density at radius 3 is 2.76 bits per heavy atom. The third-order valence-electron chi connectivity index (χ3n) is 5.20. The fourth-order valence-electron chi connectivity index (χ4n) is 3.80. The molecule has 2 amide bonds. The molecule has 1 unspecified atom stereocenters. The molecule has 0 saturated carbocycles. The number of fused-ring (bicyclic) bond motifs is 1. The molecule has 1 N–H and O–H groups in total. The lowest BCUT2D eigenvalue weighted by molar-refractivity contribution is 0.0946. The van der Waals surface area contributed by atoms with Gasteiger partial charge in [0.2, 0.25) is 0 Å². The number of amides is 2. The van der Waals surface area contributed by atoms with Crippen LogP contribution in [0.3, 0.4) is 0 Å². The van der Waals surface area contributed by atoms with Gasteiger partial charge in [-0.25, -0.2) is 0 Å². The van der Waals surface area contributed by atoms with Gasteiger partial charge in [-0.3, -0.25) is 14.6 Å². The van der Waals surface area contributed by atoms with E-state index in [1.165, 1.54) is 11.8 Å². The molecular weight excluding hydrogens is 362 g/mol. The highest BCUT2D eigenvalue weighted by molar-refractivity contribution is 6.08. The van der Waals surface area contributed by atoms with Crippen LogP contribution in [0.25, 0.3) is 0 Å². The molecular formula is C24H23N3O2. The zero-order valence-corrected chi connectivity index (χ0v) is 16.6. The molecule has 1 atom stereocenters. The van der Waals surface area contributed by atoms with Crippen LogP contribution in [0, 0.1) is 6.92 Å². The lowest BCUT2D eigenvalue weighted by atomic mass is 10.1. The molecule has 2 aromatic carbocycles. The Balaban J connectivity index is 1.51. The summed E-state index contributed by atoms with van der Waals surface area (Å²) >= 11 is 0. The first-order valence-corrected chi connectivity index (χ1v) is 9.74. The van der Waals surface area contributed by atoms with Gasteiger partial charge in [-0.1, -0.05) is 48.0 Å². The summed E-state index contributed by atoms with van der Waals surface area (Å²) in [5.41, 5.74) is 4.97. The summed E-state index contributed by atoms with van der Waals surface area (Å²) in [6, 6.07) is 19.2. The number of hydrogen-bond acceptors (Lipinski definition) is 3. The van der Waals surface area contributed by atoms with E-state index in [-0.39, 0.29) is 23.6 Å². The van der Waals surface area contributed by atoms with E-state index in [2.05, 4.69) is 16.4 Å². The van der Waals surface area contributed by atoms with Crippen molar-refractivity contribution in [3.05, 3.63) is 94.8 Å². The fourth-order valence-corrected chi connectivity index (χ4v) is 3.80. The normalized spacial score (nSPS) is 15.1. The van der Waals surface area contributed by atoms with Gasteiger partial charge in [0.05, 0.1) is 0 Å². The van der Waals surface area contributed by atoms with Crippen molar-refractivity contribution in [1.82, 2.24) is 10.3 Å². The van der Waals surface area contributed by atoms with Crippen LogP contribution in [0.5, 0.6) is 0 Å². The number of para-hydroxylation sites is 1. The number of carbonyl (C=O) groups excluding carboxylic acids is 2. The van der Waals surface area contributed by atoms with Crippen LogP contribution in [0.15, 0.2) is 66.9 Å². The predicted molar refractivity (Wildman–Crippen MR) is 113 cm³/mol.